The second kappa shape index (κ2) is 6.45. The molecule has 0 bridgehead atoms. The van der Waals surface area contributed by atoms with E-state index in [0.29, 0.717) is 0 Å². The summed E-state index contributed by atoms with van der Waals surface area (Å²) in [5, 5.41) is 19.5. The van der Waals surface area contributed by atoms with E-state index in [0.717, 1.165) is 12.1 Å². The molecule has 0 fully saturated rings. The molecule has 0 aliphatic carbocycles. The minimum absolute atomic E-state index is 0.00200. The number of methoxy groups -OCH3 is 1. The zero-order valence-corrected chi connectivity index (χ0v) is 11.0. The summed E-state index contributed by atoms with van der Waals surface area (Å²) in [6.07, 6.45) is 0.225. The molecule has 0 heterocycles. The third-order valence-electron chi connectivity index (χ3n) is 2.28. The van der Waals surface area contributed by atoms with Gasteiger partial charge in [0.25, 0.3) is 5.69 Å². The lowest BCUT2D eigenvalue weighted by molar-refractivity contribution is -0.387. The molecule has 0 radical (unpaired) electrons. The topological polar surface area (TPSA) is 119 Å². The van der Waals surface area contributed by atoms with Gasteiger partial charge in [-0.15, -0.1) is 0 Å². The van der Waals surface area contributed by atoms with Crippen LogP contribution in [0.4, 0.5) is 5.69 Å². The van der Waals surface area contributed by atoms with Gasteiger partial charge in [-0.25, -0.2) is 13.1 Å². The van der Waals surface area contributed by atoms with E-state index in [1.54, 1.807) is 0 Å². The maximum atomic E-state index is 11.9. The van der Waals surface area contributed by atoms with Gasteiger partial charge >= 0.3 is 0 Å². The molecule has 0 saturated heterocycles. The van der Waals surface area contributed by atoms with Crippen molar-refractivity contribution in [2.75, 3.05) is 20.3 Å². The number of aliphatic hydroxyl groups is 1. The molecule has 0 atom stereocenters. The van der Waals surface area contributed by atoms with Gasteiger partial charge in [0.05, 0.1) is 18.1 Å². The second-order valence-electron chi connectivity index (χ2n) is 3.57. The molecule has 2 N–H and O–H groups in total. The zero-order valence-electron chi connectivity index (χ0n) is 10.2. The summed E-state index contributed by atoms with van der Waals surface area (Å²) >= 11 is 0. The summed E-state index contributed by atoms with van der Waals surface area (Å²) in [5.41, 5.74) is -0.559. The molecule has 19 heavy (non-hydrogen) atoms. The highest BCUT2D eigenvalue weighted by atomic mass is 32.2. The van der Waals surface area contributed by atoms with Crippen molar-refractivity contribution in [3.05, 3.63) is 28.3 Å². The summed E-state index contributed by atoms with van der Waals surface area (Å²) in [6, 6.07) is 3.48. The van der Waals surface area contributed by atoms with Crippen molar-refractivity contribution in [2.45, 2.75) is 11.3 Å². The number of sulfonamides is 1. The number of hydrogen-bond donors (Lipinski definition) is 2. The molecule has 1 aromatic rings. The van der Waals surface area contributed by atoms with Crippen LogP contribution in [0.25, 0.3) is 0 Å². The summed E-state index contributed by atoms with van der Waals surface area (Å²) in [6.45, 7) is -0.171. The Kier molecular flexibility index (Phi) is 5.21. The fourth-order valence-electron chi connectivity index (χ4n) is 1.36. The van der Waals surface area contributed by atoms with Crippen molar-refractivity contribution in [1.82, 2.24) is 4.72 Å². The number of rotatable bonds is 7. The number of nitrogens with one attached hydrogen (secondary N) is 1. The van der Waals surface area contributed by atoms with Gasteiger partial charge in [-0.2, -0.15) is 0 Å². The highest BCUT2D eigenvalue weighted by Gasteiger charge is 2.25. The summed E-state index contributed by atoms with van der Waals surface area (Å²) in [5.74, 6) is 0.195. The smallest absolute Gasteiger partial charge is 0.293 e. The van der Waals surface area contributed by atoms with Crippen molar-refractivity contribution in [1.29, 1.82) is 0 Å². The minimum Gasteiger partial charge on any atom is -0.497 e. The van der Waals surface area contributed by atoms with Crippen LogP contribution < -0.4 is 9.46 Å². The highest BCUT2D eigenvalue weighted by Crippen LogP contribution is 2.28. The van der Waals surface area contributed by atoms with Gasteiger partial charge in [0.1, 0.15) is 5.75 Å². The van der Waals surface area contributed by atoms with Crippen molar-refractivity contribution < 1.29 is 23.2 Å². The Labute approximate surface area is 110 Å². The second-order valence-corrected chi connectivity index (χ2v) is 5.30. The van der Waals surface area contributed by atoms with Crippen LogP contribution in [-0.2, 0) is 10.0 Å². The van der Waals surface area contributed by atoms with Gasteiger partial charge in [-0.3, -0.25) is 10.1 Å². The molecule has 0 aliphatic rings. The minimum atomic E-state index is -3.99. The highest BCUT2D eigenvalue weighted by molar-refractivity contribution is 7.89. The Bertz CT molecular complexity index is 557. The standard InChI is InChI=1S/C10H14N2O6S/c1-18-8-3-4-10(9(7-8)12(14)15)19(16,17)11-5-2-6-13/h3-4,7,11,13H,2,5-6H2,1H3. The SMILES string of the molecule is COc1ccc(S(=O)(=O)NCCCO)c([N+](=O)[O-])c1. The molecule has 9 heteroatoms. The molecule has 0 aromatic heterocycles. The molecule has 8 nitrogen and oxygen atoms in total. The molecule has 1 aromatic carbocycles. The number of nitro benzene ring substituents is 1. The van der Waals surface area contributed by atoms with E-state index in [-0.39, 0.29) is 25.3 Å². The van der Waals surface area contributed by atoms with Gasteiger partial charge in [-0.05, 0) is 18.6 Å². The van der Waals surface area contributed by atoms with E-state index in [4.69, 9.17) is 9.84 Å². The van der Waals surface area contributed by atoms with Gasteiger partial charge in [0.2, 0.25) is 10.0 Å². The Morgan fingerprint density at radius 1 is 1.47 bits per heavy atom. The molecule has 0 saturated carbocycles. The van der Waals surface area contributed by atoms with E-state index >= 15 is 0 Å². The first kappa shape index (κ1) is 15.3. The lowest BCUT2D eigenvalue weighted by Crippen LogP contribution is -2.26. The van der Waals surface area contributed by atoms with Crippen LogP contribution in [0.1, 0.15) is 6.42 Å². The fourth-order valence-corrected chi connectivity index (χ4v) is 2.58. The third-order valence-corrected chi connectivity index (χ3v) is 3.79. The van der Waals surface area contributed by atoms with Crippen LogP contribution in [0.5, 0.6) is 5.75 Å². The number of hydrogen-bond acceptors (Lipinski definition) is 6. The molecule has 106 valence electrons. The molecule has 0 aliphatic heterocycles. The van der Waals surface area contributed by atoms with Crippen LogP contribution >= 0.6 is 0 Å². The number of benzene rings is 1. The molecule has 1 rings (SSSR count). The van der Waals surface area contributed by atoms with Crippen molar-refractivity contribution >= 4 is 15.7 Å². The van der Waals surface area contributed by atoms with E-state index in [1.807, 2.05) is 0 Å². The first-order valence-electron chi connectivity index (χ1n) is 5.35. The summed E-state index contributed by atoms with van der Waals surface area (Å²) < 4.78 is 30.8. The Hall–Kier alpha value is -1.71. The number of aliphatic hydroxyl groups excluding tert-OH is 1. The monoisotopic (exact) mass is 290 g/mol. The van der Waals surface area contributed by atoms with Crippen LogP contribution in [0, 0.1) is 10.1 Å². The van der Waals surface area contributed by atoms with Gasteiger partial charge in [0.15, 0.2) is 4.90 Å². The summed E-state index contributed by atoms with van der Waals surface area (Å²) in [7, 11) is -2.67. The Morgan fingerprint density at radius 2 is 2.16 bits per heavy atom. The molecular formula is C10H14N2O6S. The van der Waals surface area contributed by atoms with Crippen molar-refractivity contribution in [3.8, 4) is 5.75 Å². The molecule has 0 unspecified atom stereocenters. The lowest BCUT2D eigenvalue weighted by atomic mass is 10.3. The van der Waals surface area contributed by atoms with Gasteiger partial charge in [0, 0.05) is 13.2 Å². The zero-order chi connectivity index (χ0) is 14.5. The van der Waals surface area contributed by atoms with Crippen molar-refractivity contribution in [3.63, 3.8) is 0 Å². The predicted molar refractivity (Wildman–Crippen MR) is 66.5 cm³/mol. The van der Waals surface area contributed by atoms with Gasteiger partial charge < -0.3 is 9.84 Å². The fraction of sp³-hybridized carbons (Fsp3) is 0.400. The number of ether oxygens (including phenoxy) is 1. The van der Waals surface area contributed by atoms with E-state index in [2.05, 4.69) is 4.72 Å². The average Bonchev–Trinajstić information content (AvgIpc) is 2.38. The molecule has 0 amide bonds. The predicted octanol–water partition coefficient (Wildman–Crippen LogP) is 0.264. The maximum Gasteiger partial charge on any atom is 0.293 e. The van der Waals surface area contributed by atoms with Crippen LogP contribution in [0.15, 0.2) is 23.1 Å². The summed E-state index contributed by atoms with van der Waals surface area (Å²) in [4.78, 5) is 9.66. The number of nitrogens with zero attached hydrogens (tertiary/aromatic N) is 1. The van der Waals surface area contributed by atoms with Crippen molar-refractivity contribution in [2.24, 2.45) is 0 Å². The lowest BCUT2D eigenvalue weighted by Gasteiger charge is -2.07. The van der Waals surface area contributed by atoms with Crippen LogP contribution in [0.2, 0.25) is 0 Å². The van der Waals surface area contributed by atoms with E-state index in [1.165, 1.54) is 13.2 Å². The quantitative estimate of drug-likeness (QED) is 0.422. The van der Waals surface area contributed by atoms with Gasteiger partial charge in [-0.1, -0.05) is 0 Å². The van der Waals surface area contributed by atoms with Crippen LogP contribution in [0.3, 0.4) is 0 Å². The third kappa shape index (κ3) is 3.88. The first-order valence-corrected chi connectivity index (χ1v) is 6.83. The van der Waals surface area contributed by atoms with Crippen LogP contribution in [-0.4, -0.2) is 38.7 Å². The molecule has 0 spiro atoms. The number of nitro groups is 1. The maximum absolute atomic E-state index is 11.9. The first-order chi connectivity index (χ1) is 8.92. The Morgan fingerprint density at radius 3 is 2.68 bits per heavy atom. The Balaban J connectivity index is 3.15. The normalized spacial score (nSPS) is 11.3. The van der Waals surface area contributed by atoms with E-state index in [9.17, 15) is 18.5 Å². The largest absolute Gasteiger partial charge is 0.497 e. The molecular weight excluding hydrogens is 276 g/mol. The average molecular weight is 290 g/mol. The van der Waals surface area contributed by atoms with E-state index < -0.39 is 25.5 Å².